The zero-order valence-electron chi connectivity index (χ0n) is 14.3. The Labute approximate surface area is 138 Å². The van der Waals surface area contributed by atoms with Crippen molar-refractivity contribution in [1.29, 1.82) is 0 Å². The van der Waals surface area contributed by atoms with Gasteiger partial charge in [-0.15, -0.1) is 0 Å². The molecular formula is C17H28N4O2. The smallest absolute Gasteiger partial charge is 0.227 e. The first-order valence-corrected chi connectivity index (χ1v) is 8.83. The Morgan fingerprint density at radius 3 is 2.61 bits per heavy atom. The molecule has 3 heterocycles. The molecule has 2 aliphatic rings. The SMILES string of the molecule is CCCCCNc1cc(C)nc(N2CCC3(CC2)OCCO3)n1. The summed E-state index contributed by atoms with van der Waals surface area (Å²) in [4.78, 5) is 11.5. The van der Waals surface area contributed by atoms with Crippen molar-refractivity contribution in [1.82, 2.24) is 9.97 Å². The minimum absolute atomic E-state index is 0.346. The Balaban J connectivity index is 1.60. The maximum Gasteiger partial charge on any atom is 0.227 e. The number of rotatable bonds is 6. The summed E-state index contributed by atoms with van der Waals surface area (Å²) in [5.74, 6) is 1.40. The van der Waals surface area contributed by atoms with Gasteiger partial charge in [0.15, 0.2) is 5.79 Å². The van der Waals surface area contributed by atoms with Gasteiger partial charge in [-0.1, -0.05) is 19.8 Å². The summed E-state index contributed by atoms with van der Waals surface area (Å²) < 4.78 is 11.6. The van der Waals surface area contributed by atoms with Crippen LogP contribution in [0.4, 0.5) is 11.8 Å². The van der Waals surface area contributed by atoms with Crippen molar-refractivity contribution in [2.45, 2.75) is 51.7 Å². The fourth-order valence-corrected chi connectivity index (χ4v) is 3.21. The van der Waals surface area contributed by atoms with Gasteiger partial charge in [-0.3, -0.25) is 0 Å². The van der Waals surface area contributed by atoms with E-state index in [9.17, 15) is 0 Å². The second-order valence-corrected chi connectivity index (χ2v) is 6.42. The summed E-state index contributed by atoms with van der Waals surface area (Å²) in [6.07, 6.45) is 5.41. The Hall–Kier alpha value is -1.40. The molecule has 0 unspecified atom stereocenters. The van der Waals surface area contributed by atoms with Gasteiger partial charge < -0.3 is 19.7 Å². The van der Waals surface area contributed by atoms with Gasteiger partial charge in [-0.05, 0) is 13.3 Å². The molecule has 2 saturated heterocycles. The van der Waals surface area contributed by atoms with Crippen LogP contribution in [0.1, 0.15) is 44.7 Å². The zero-order valence-corrected chi connectivity index (χ0v) is 14.3. The maximum absolute atomic E-state index is 5.79. The fourth-order valence-electron chi connectivity index (χ4n) is 3.21. The lowest BCUT2D eigenvalue weighted by molar-refractivity contribution is -0.169. The van der Waals surface area contributed by atoms with Gasteiger partial charge in [0.2, 0.25) is 5.95 Å². The number of ether oxygens (including phenoxy) is 2. The monoisotopic (exact) mass is 320 g/mol. The standard InChI is InChI=1S/C17H28N4O2/c1-3-4-5-8-18-15-13-14(2)19-16(20-15)21-9-6-17(7-10-21)22-11-12-23-17/h13H,3-12H2,1-2H3,(H,18,19,20). The third-order valence-corrected chi connectivity index (χ3v) is 4.55. The minimum atomic E-state index is -0.346. The molecule has 6 nitrogen and oxygen atoms in total. The van der Waals surface area contributed by atoms with Crippen molar-refractivity contribution in [2.75, 3.05) is 43.1 Å². The predicted molar refractivity (Wildman–Crippen MR) is 90.9 cm³/mol. The van der Waals surface area contributed by atoms with Gasteiger partial charge in [0.25, 0.3) is 0 Å². The summed E-state index contributed by atoms with van der Waals surface area (Å²) in [6.45, 7) is 8.39. The second-order valence-electron chi connectivity index (χ2n) is 6.42. The highest BCUT2D eigenvalue weighted by atomic mass is 16.7. The molecule has 6 heteroatoms. The van der Waals surface area contributed by atoms with Crippen molar-refractivity contribution >= 4 is 11.8 Å². The molecule has 2 fully saturated rings. The van der Waals surface area contributed by atoms with E-state index >= 15 is 0 Å². The number of nitrogens with zero attached hydrogens (tertiary/aromatic N) is 3. The first kappa shape index (κ1) is 16.5. The molecule has 1 aromatic rings. The van der Waals surface area contributed by atoms with Gasteiger partial charge in [-0.25, -0.2) is 4.98 Å². The molecule has 2 aliphatic heterocycles. The molecule has 23 heavy (non-hydrogen) atoms. The van der Waals surface area contributed by atoms with E-state index in [4.69, 9.17) is 14.5 Å². The molecule has 3 rings (SSSR count). The third-order valence-electron chi connectivity index (χ3n) is 4.55. The van der Waals surface area contributed by atoms with E-state index in [-0.39, 0.29) is 5.79 Å². The first-order chi connectivity index (χ1) is 11.2. The fraction of sp³-hybridized carbons (Fsp3) is 0.765. The molecule has 1 spiro atoms. The number of piperidine rings is 1. The van der Waals surface area contributed by atoms with Crippen molar-refractivity contribution < 1.29 is 9.47 Å². The highest BCUT2D eigenvalue weighted by Gasteiger charge is 2.40. The third kappa shape index (κ3) is 4.12. The van der Waals surface area contributed by atoms with E-state index in [1.807, 2.05) is 13.0 Å². The normalized spacial score (nSPS) is 20.2. The number of anilines is 2. The number of unbranched alkanes of at least 4 members (excludes halogenated alkanes) is 2. The van der Waals surface area contributed by atoms with Crippen molar-refractivity contribution in [3.63, 3.8) is 0 Å². The van der Waals surface area contributed by atoms with Crippen molar-refractivity contribution in [3.8, 4) is 0 Å². The molecular weight excluding hydrogens is 292 g/mol. The van der Waals surface area contributed by atoms with E-state index in [0.29, 0.717) is 13.2 Å². The van der Waals surface area contributed by atoms with Crippen molar-refractivity contribution in [2.24, 2.45) is 0 Å². The van der Waals surface area contributed by atoms with Crippen LogP contribution in [0.5, 0.6) is 0 Å². The zero-order chi connectivity index (χ0) is 16.1. The molecule has 0 bridgehead atoms. The average Bonchev–Trinajstić information content (AvgIpc) is 3.00. The predicted octanol–water partition coefficient (Wildman–Crippen LogP) is 2.73. The van der Waals surface area contributed by atoms with E-state index in [2.05, 4.69) is 22.1 Å². The quantitative estimate of drug-likeness (QED) is 0.813. The maximum atomic E-state index is 5.79. The average molecular weight is 320 g/mol. The number of hydrogen-bond donors (Lipinski definition) is 1. The molecule has 0 amide bonds. The Kier molecular flexibility index (Phi) is 5.33. The second kappa shape index (κ2) is 7.45. The lowest BCUT2D eigenvalue weighted by Crippen LogP contribution is -2.45. The number of aryl methyl sites for hydroxylation is 1. The summed E-state index contributed by atoms with van der Waals surface area (Å²) >= 11 is 0. The van der Waals surface area contributed by atoms with Crippen LogP contribution in [0.25, 0.3) is 0 Å². The topological polar surface area (TPSA) is 59.5 Å². The van der Waals surface area contributed by atoms with Gasteiger partial charge in [0, 0.05) is 44.2 Å². The molecule has 0 aromatic carbocycles. The van der Waals surface area contributed by atoms with Gasteiger partial charge >= 0.3 is 0 Å². The highest BCUT2D eigenvalue weighted by Crippen LogP contribution is 2.32. The first-order valence-electron chi connectivity index (χ1n) is 8.83. The summed E-state index contributed by atoms with van der Waals surface area (Å²) in [5.41, 5.74) is 1.00. The highest BCUT2D eigenvalue weighted by molar-refractivity contribution is 5.44. The number of hydrogen-bond acceptors (Lipinski definition) is 6. The van der Waals surface area contributed by atoms with Gasteiger partial charge in [-0.2, -0.15) is 4.98 Å². The molecule has 0 atom stereocenters. The molecule has 0 aliphatic carbocycles. The van der Waals surface area contributed by atoms with Crippen LogP contribution in [0.15, 0.2) is 6.07 Å². The van der Waals surface area contributed by atoms with Crippen LogP contribution in [-0.2, 0) is 9.47 Å². The molecule has 128 valence electrons. The lowest BCUT2D eigenvalue weighted by Gasteiger charge is -2.37. The number of aromatic nitrogens is 2. The summed E-state index contributed by atoms with van der Waals surface area (Å²) in [5, 5.41) is 3.42. The van der Waals surface area contributed by atoms with E-state index in [1.54, 1.807) is 0 Å². The van der Waals surface area contributed by atoms with Crippen molar-refractivity contribution in [3.05, 3.63) is 11.8 Å². The van der Waals surface area contributed by atoms with E-state index in [0.717, 1.165) is 49.9 Å². The van der Waals surface area contributed by atoms with Crippen LogP contribution in [0, 0.1) is 6.92 Å². The Morgan fingerprint density at radius 1 is 1.17 bits per heavy atom. The van der Waals surface area contributed by atoms with Crippen LogP contribution in [-0.4, -0.2) is 48.6 Å². The molecule has 1 N–H and O–H groups in total. The Morgan fingerprint density at radius 2 is 1.91 bits per heavy atom. The largest absolute Gasteiger partial charge is 0.370 e. The Bertz CT molecular complexity index is 507. The van der Waals surface area contributed by atoms with Crippen LogP contribution >= 0.6 is 0 Å². The van der Waals surface area contributed by atoms with E-state index in [1.165, 1.54) is 19.3 Å². The number of nitrogens with one attached hydrogen (secondary N) is 1. The molecule has 0 saturated carbocycles. The summed E-state index contributed by atoms with van der Waals surface area (Å²) in [7, 11) is 0. The van der Waals surface area contributed by atoms with Gasteiger partial charge in [0.05, 0.1) is 13.2 Å². The lowest BCUT2D eigenvalue weighted by atomic mass is 10.0. The summed E-state index contributed by atoms with van der Waals surface area (Å²) in [6, 6.07) is 2.02. The van der Waals surface area contributed by atoms with Crippen LogP contribution in [0.3, 0.4) is 0 Å². The van der Waals surface area contributed by atoms with Crippen LogP contribution in [0.2, 0.25) is 0 Å². The molecule has 0 radical (unpaired) electrons. The van der Waals surface area contributed by atoms with Gasteiger partial charge in [0.1, 0.15) is 5.82 Å². The van der Waals surface area contributed by atoms with E-state index < -0.39 is 0 Å². The minimum Gasteiger partial charge on any atom is -0.370 e. The van der Waals surface area contributed by atoms with Crippen LogP contribution < -0.4 is 10.2 Å². The molecule has 1 aromatic heterocycles.